The van der Waals surface area contributed by atoms with Crippen molar-refractivity contribution in [2.75, 3.05) is 6.61 Å². The van der Waals surface area contributed by atoms with Gasteiger partial charge in [0.1, 0.15) is 29.5 Å². The number of carbonyl (C=O) groups is 1. The van der Waals surface area contributed by atoms with Crippen LogP contribution in [0.3, 0.4) is 0 Å². The van der Waals surface area contributed by atoms with Crippen LogP contribution in [-0.2, 0) is 13.2 Å². The number of benzene rings is 3. The van der Waals surface area contributed by atoms with Crippen LogP contribution in [0.1, 0.15) is 39.8 Å². The molecule has 1 heterocycles. The quantitative estimate of drug-likeness (QED) is 0.344. The number of para-hydroxylation sites is 1. The van der Waals surface area contributed by atoms with Gasteiger partial charge in [0.15, 0.2) is 0 Å². The van der Waals surface area contributed by atoms with Crippen LogP contribution in [0.25, 0.3) is 11.0 Å². The number of imidazole rings is 1. The summed E-state index contributed by atoms with van der Waals surface area (Å²) >= 11 is 6.52. The van der Waals surface area contributed by atoms with E-state index < -0.39 is 5.97 Å². The molecule has 33 heavy (non-hydrogen) atoms. The van der Waals surface area contributed by atoms with E-state index in [9.17, 15) is 9.90 Å². The molecule has 0 spiro atoms. The summed E-state index contributed by atoms with van der Waals surface area (Å²) in [4.78, 5) is 16.2. The molecule has 0 saturated heterocycles. The minimum absolute atomic E-state index is 0.140. The predicted octanol–water partition coefficient (Wildman–Crippen LogP) is 6.03. The molecule has 0 aliphatic carbocycles. The van der Waals surface area contributed by atoms with Gasteiger partial charge in [-0.3, -0.25) is 0 Å². The third kappa shape index (κ3) is 4.81. The first-order valence-electron chi connectivity index (χ1n) is 10.7. The number of hydrogen-bond acceptors (Lipinski definition) is 4. The highest BCUT2D eigenvalue weighted by atomic mass is 35.5. The van der Waals surface area contributed by atoms with Crippen molar-refractivity contribution in [3.8, 4) is 11.5 Å². The van der Waals surface area contributed by atoms with Gasteiger partial charge in [0.05, 0.1) is 24.2 Å². The molecular weight excluding hydrogens is 440 g/mol. The standard InChI is InChI=1S/C26H25ClN2O4/c1-4-32-20-10-9-19(22(27)13-20)14-29-17(3)28-25-16(2)11-18(12-23(25)29)15-33-24-8-6-5-7-21(24)26(30)31/h5-13H,4,14-15H2,1-3H3,(H,30,31). The Balaban J connectivity index is 1.65. The minimum atomic E-state index is -1.02. The smallest absolute Gasteiger partial charge is 0.339 e. The normalized spacial score (nSPS) is 11.0. The fourth-order valence-corrected chi connectivity index (χ4v) is 4.11. The lowest BCUT2D eigenvalue weighted by atomic mass is 10.1. The summed E-state index contributed by atoms with van der Waals surface area (Å²) < 4.78 is 13.5. The zero-order valence-corrected chi connectivity index (χ0v) is 19.5. The number of aromatic carboxylic acids is 1. The third-order valence-electron chi connectivity index (χ3n) is 5.47. The zero-order valence-electron chi connectivity index (χ0n) is 18.8. The van der Waals surface area contributed by atoms with Crippen LogP contribution in [0.15, 0.2) is 54.6 Å². The Morgan fingerprint density at radius 1 is 1.09 bits per heavy atom. The molecule has 0 aliphatic rings. The lowest BCUT2D eigenvalue weighted by Crippen LogP contribution is -2.05. The van der Waals surface area contributed by atoms with Gasteiger partial charge in [0.25, 0.3) is 0 Å². The molecule has 1 N–H and O–H groups in total. The molecule has 0 amide bonds. The van der Waals surface area contributed by atoms with Gasteiger partial charge >= 0.3 is 5.97 Å². The maximum Gasteiger partial charge on any atom is 0.339 e. The van der Waals surface area contributed by atoms with E-state index in [1.165, 1.54) is 6.07 Å². The van der Waals surface area contributed by atoms with Crippen molar-refractivity contribution >= 4 is 28.6 Å². The number of hydrogen-bond donors (Lipinski definition) is 1. The number of carboxylic acid groups (broad SMARTS) is 1. The van der Waals surface area contributed by atoms with E-state index in [0.29, 0.717) is 23.9 Å². The number of ether oxygens (including phenoxy) is 2. The van der Waals surface area contributed by atoms with Crippen molar-refractivity contribution in [1.29, 1.82) is 0 Å². The van der Waals surface area contributed by atoms with Gasteiger partial charge in [-0.2, -0.15) is 0 Å². The SMILES string of the molecule is CCOc1ccc(Cn2c(C)nc3c(C)cc(COc4ccccc4C(=O)O)cc32)c(Cl)c1. The van der Waals surface area contributed by atoms with Gasteiger partial charge in [0, 0.05) is 5.02 Å². The zero-order chi connectivity index (χ0) is 23.5. The fourth-order valence-electron chi connectivity index (χ4n) is 3.88. The summed E-state index contributed by atoms with van der Waals surface area (Å²) in [7, 11) is 0. The molecule has 1 aromatic heterocycles. The van der Waals surface area contributed by atoms with Gasteiger partial charge in [-0.1, -0.05) is 35.9 Å². The number of fused-ring (bicyclic) bond motifs is 1. The van der Waals surface area contributed by atoms with E-state index in [1.54, 1.807) is 18.2 Å². The van der Waals surface area contributed by atoms with Crippen LogP contribution in [0.5, 0.6) is 11.5 Å². The van der Waals surface area contributed by atoms with Crippen LogP contribution in [0.2, 0.25) is 5.02 Å². The number of rotatable bonds is 8. The highest BCUT2D eigenvalue weighted by molar-refractivity contribution is 6.31. The summed E-state index contributed by atoms with van der Waals surface area (Å²) in [6, 6.07) is 16.4. The average Bonchev–Trinajstić information content (AvgIpc) is 3.10. The lowest BCUT2D eigenvalue weighted by Gasteiger charge is -2.13. The first-order valence-corrected chi connectivity index (χ1v) is 11.1. The largest absolute Gasteiger partial charge is 0.494 e. The highest BCUT2D eigenvalue weighted by Gasteiger charge is 2.15. The number of nitrogens with zero attached hydrogens (tertiary/aromatic N) is 2. The van der Waals surface area contributed by atoms with Crippen LogP contribution >= 0.6 is 11.6 Å². The lowest BCUT2D eigenvalue weighted by molar-refractivity contribution is 0.0691. The Morgan fingerprint density at radius 3 is 2.61 bits per heavy atom. The molecule has 0 radical (unpaired) electrons. The Labute approximate surface area is 197 Å². The van der Waals surface area contributed by atoms with Crippen LogP contribution in [0.4, 0.5) is 0 Å². The summed E-state index contributed by atoms with van der Waals surface area (Å²) in [6.45, 7) is 7.32. The monoisotopic (exact) mass is 464 g/mol. The molecule has 3 aromatic carbocycles. The van der Waals surface area contributed by atoms with E-state index in [0.717, 1.165) is 39.3 Å². The molecule has 0 fully saturated rings. The second-order valence-electron chi connectivity index (χ2n) is 7.80. The first kappa shape index (κ1) is 22.7. The molecule has 0 saturated carbocycles. The molecule has 4 rings (SSSR count). The Morgan fingerprint density at radius 2 is 1.88 bits per heavy atom. The number of halogens is 1. The second kappa shape index (κ2) is 9.55. The third-order valence-corrected chi connectivity index (χ3v) is 5.82. The number of carboxylic acids is 1. The number of aryl methyl sites for hydroxylation is 2. The van der Waals surface area contributed by atoms with Gasteiger partial charge in [-0.05, 0) is 67.8 Å². The summed E-state index contributed by atoms with van der Waals surface area (Å²) in [5.74, 6) is 0.953. The van der Waals surface area contributed by atoms with E-state index in [-0.39, 0.29) is 12.2 Å². The van der Waals surface area contributed by atoms with E-state index in [1.807, 2.05) is 51.1 Å². The molecule has 0 atom stereocenters. The van der Waals surface area contributed by atoms with Crippen molar-refractivity contribution in [1.82, 2.24) is 9.55 Å². The van der Waals surface area contributed by atoms with Crippen molar-refractivity contribution < 1.29 is 19.4 Å². The predicted molar refractivity (Wildman–Crippen MR) is 129 cm³/mol. The molecule has 6 nitrogen and oxygen atoms in total. The first-order chi connectivity index (χ1) is 15.9. The van der Waals surface area contributed by atoms with Gasteiger partial charge in [-0.25, -0.2) is 9.78 Å². The van der Waals surface area contributed by atoms with Crippen LogP contribution < -0.4 is 9.47 Å². The summed E-state index contributed by atoms with van der Waals surface area (Å²) in [6.07, 6.45) is 0. The fraction of sp³-hybridized carbons (Fsp3) is 0.231. The van der Waals surface area contributed by atoms with Crippen molar-refractivity contribution in [3.05, 3.63) is 87.7 Å². The Hall–Kier alpha value is -3.51. The van der Waals surface area contributed by atoms with Crippen molar-refractivity contribution in [3.63, 3.8) is 0 Å². The van der Waals surface area contributed by atoms with Crippen molar-refractivity contribution in [2.24, 2.45) is 0 Å². The maximum atomic E-state index is 11.5. The Bertz CT molecular complexity index is 1330. The second-order valence-corrected chi connectivity index (χ2v) is 8.21. The van der Waals surface area contributed by atoms with Gasteiger partial charge < -0.3 is 19.1 Å². The van der Waals surface area contributed by atoms with Gasteiger partial charge in [0.2, 0.25) is 0 Å². The highest BCUT2D eigenvalue weighted by Crippen LogP contribution is 2.28. The molecule has 0 unspecified atom stereocenters. The van der Waals surface area contributed by atoms with E-state index >= 15 is 0 Å². The average molecular weight is 465 g/mol. The molecular formula is C26H25ClN2O4. The molecule has 7 heteroatoms. The van der Waals surface area contributed by atoms with Crippen molar-refractivity contribution in [2.45, 2.75) is 33.9 Å². The Kier molecular flexibility index (Phi) is 6.56. The van der Waals surface area contributed by atoms with Crippen LogP contribution in [0, 0.1) is 13.8 Å². The topological polar surface area (TPSA) is 73.6 Å². The molecule has 170 valence electrons. The van der Waals surface area contributed by atoms with E-state index in [4.69, 9.17) is 26.1 Å². The number of aromatic nitrogens is 2. The van der Waals surface area contributed by atoms with E-state index in [2.05, 4.69) is 4.57 Å². The van der Waals surface area contributed by atoms with Gasteiger partial charge in [-0.15, -0.1) is 0 Å². The molecule has 4 aromatic rings. The molecule has 0 aliphatic heterocycles. The minimum Gasteiger partial charge on any atom is -0.494 e. The summed E-state index contributed by atoms with van der Waals surface area (Å²) in [5, 5.41) is 10.0. The molecule has 0 bridgehead atoms. The van der Waals surface area contributed by atoms with Crippen LogP contribution in [-0.4, -0.2) is 27.2 Å². The summed E-state index contributed by atoms with van der Waals surface area (Å²) in [5.41, 5.74) is 4.96. The maximum absolute atomic E-state index is 11.5.